The molecule has 108 valence electrons. The zero-order valence-electron chi connectivity index (χ0n) is 10.9. The van der Waals surface area contributed by atoms with E-state index >= 15 is 0 Å². The van der Waals surface area contributed by atoms with Gasteiger partial charge in [-0.05, 0) is 36.8 Å². The molecule has 1 aromatic heterocycles. The summed E-state index contributed by atoms with van der Waals surface area (Å²) in [6.07, 6.45) is 0. The molecule has 0 saturated carbocycles. The first-order valence-electron chi connectivity index (χ1n) is 5.81. The van der Waals surface area contributed by atoms with E-state index in [0.717, 1.165) is 10.4 Å². The Morgan fingerprint density at radius 1 is 1.10 bits per heavy atom. The summed E-state index contributed by atoms with van der Waals surface area (Å²) in [7, 11) is -2.34. The molecule has 0 saturated heterocycles. The molecule has 1 heterocycles. The molecule has 0 radical (unpaired) electrons. The van der Waals surface area contributed by atoms with Crippen molar-refractivity contribution in [3.05, 3.63) is 52.9 Å². The molecular weight excluding hydrogens is 304 g/mol. The van der Waals surface area contributed by atoms with Crippen LogP contribution in [0.4, 0.5) is 8.78 Å². The maximum atomic E-state index is 13.0. The molecule has 0 aliphatic heterocycles. The van der Waals surface area contributed by atoms with Crippen molar-refractivity contribution in [3.8, 4) is 0 Å². The summed E-state index contributed by atoms with van der Waals surface area (Å²) in [4.78, 5) is 0. The molecule has 0 spiro atoms. The topological polar surface area (TPSA) is 37.4 Å². The number of hydrogen-bond acceptors (Lipinski definition) is 3. The van der Waals surface area contributed by atoms with Crippen molar-refractivity contribution in [2.45, 2.75) is 17.2 Å². The molecule has 1 unspecified atom stereocenters. The van der Waals surface area contributed by atoms with Gasteiger partial charge in [0.1, 0.15) is 10.0 Å². The first kappa shape index (κ1) is 15.1. The molecule has 2 aromatic rings. The minimum absolute atomic E-state index is 0.0496. The van der Waals surface area contributed by atoms with Gasteiger partial charge in [-0.3, -0.25) is 0 Å². The fraction of sp³-hybridized carbons (Fsp3) is 0.231. The largest absolute Gasteiger partial charge is 0.252 e. The van der Waals surface area contributed by atoms with Gasteiger partial charge in [0.2, 0.25) is 0 Å². The van der Waals surface area contributed by atoms with Crippen LogP contribution in [-0.4, -0.2) is 19.8 Å². The van der Waals surface area contributed by atoms with Gasteiger partial charge >= 0.3 is 0 Å². The summed E-state index contributed by atoms with van der Waals surface area (Å²) >= 11 is 0.582. The molecule has 0 aliphatic rings. The average Bonchev–Trinajstić information content (AvgIpc) is 2.85. The maximum Gasteiger partial charge on any atom is 0.252 e. The van der Waals surface area contributed by atoms with Crippen LogP contribution in [0.5, 0.6) is 0 Å². The minimum Gasteiger partial charge on any atom is -0.207 e. The van der Waals surface area contributed by atoms with Crippen molar-refractivity contribution in [2.24, 2.45) is 0 Å². The van der Waals surface area contributed by atoms with Gasteiger partial charge in [-0.2, -0.15) is 8.70 Å². The van der Waals surface area contributed by atoms with E-state index in [0.29, 0.717) is 16.9 Å². The van der Waals surface area contributed by atoms with Crippen molar-refractivity contribution in [3.63, 3.8) is 0 Å². The molecule has 0 amide bonds. The van der Waals surface area contributed by atoms with E-state index in [1.165, 1.54) is 37.4 Å². The number of rotatable bonds is 4. The molecule has 1 aromatic carbocycles. The Balaban J connectivity index is 2.30. The van der Waals surface area contributed by atoms with Crippen LogP contribution >= 0.6 is 11.3 Å². The fourth-order valence-corrected chi connectivity index (χ4v) is 4.28. The van der Waals surface area contributed by atoms with Crippen LogP contribution in [0.15, 0.2) is 40.6 Å². The second-order valence-corrected chi connectivity index (χ2v) is 7.57. The zero-order chi connectivity index (χ0) is 14.9. The number of nitrogens with zero attached hydrogens (tertiary/aromatic N) is 1. The van der Waals surface area contributed by atoms with E-state index in [-0.39, 0.29) is 10.0 Å². The lowest BCUT2D eigenvalue weighted by molar-refractivity contribution is 0.399. The third-order valence-electron chi connectivity index (χ3n) is 3.08. The molecule has 0 aliphatic carbocycles. The van der Waals surface area contributed by atoms with E-state index in [1.54, 1.807) is 6.92 Å². The first-order chi connectivity index (χ1) is 9.32. The Kier molecular flexibility index (Phi) is 4.22. The number of thiophene rings is 1. The smallest absolute Gasteiger partial charge is 0.207 e. The quantitative estimate of drug-likeness (QED) is 0.866. The third kappa shape index (κ3) is 2.89. The van der Waals surface area contributed by atoms with Gasteiger partial charge in [0, 0.05) is 13.1 Å². The Labute approximate surface area is 120 Å². The van der Waals surface area contributed by atoms with Gasteiger partial charge in [-0.15, -0.1) is 0 Å². The first-order valence-corrected chi connectivity index (χ1v) is 8.07. The van der Waals surface area contributed by atoms with E-state index in [1.807, 2.05) is 0 Å². The van der Waals surface area contributed by atoms with Gasteiger partial charge < -0.3 is 0 Å². The normalized spacial score (nSPS) is 13.7. The van der Waals surface area contributed by atoms with Crippen LogP contribution in [0.3, 0.4) is 0 Å². The highest BCUT2D eigenvalue weighted by atomic mass is 32.2. The monoisotopic (exact) mass is 317 g/mol. The van der Waals surface area contributed by atoms with Crippen LogP contribution in [0.2, 0.25) is 0 Å². The number of hydrogen-bond donors (Lipinski definition) is 0. The third-order valence-corrected chi connectivity index (χ3v) is 6.35. The Bertz CT molecular complexity index is 695. The Hall–Kier alpha value is -1.31. The zero-order valence-corrected chi connectivity index (χ0v) is 12.5. The van der Waals surface area contributed by atoms with E-state index in [2.05, 4.69) is 0 Å². The standard InChI is InChI=1S/C13H13F2NO2S2/c1-9(10-3-5-11(14)6-4-10)16(2)20(17,18)13-8-7-12(15)19-13/h3-9H,1-2H3. The van der Waals surface area contributed by atoms with Crippen molar-refractivity contribution >= 4 is 21.4 Å². The second-order valence-electron chi connectivity index (χ2n) is 4.31. The van der Waals surface area contributed by atoms with E-state index in [9.17, 15) is 17.2 Å². The SMILES string of the molecule is CC(c1ccc(F)cc1)N(C)S(=O)(=O)c1ccc(F)s1. The molecule has 3 nitrogen and oxygen atoms in total. The summed E-state index contributed by atoms with van der Waals surface area (Å²) < 4.78 is 51.6. The van der Waals surface area contributed by atoms with Crippen LogP contribution in [-0.2, 0) is 10.0 Å². The van der Waals surface area contributed by atoms with Crippen LogP contribution in [0, 0.1) is 10.9 Å². The Morgan fingerprint density at radius 2 is 1.70 bits per heavy atom. The summed E-state index contributed by atoms with van der Waals surface area (Å²) in [5.74, 6) is -0.383. The van der Waals surface area contributed by atoms with Crippen LogP contribution in [0.25, 0.3) is 0 Å². The average molecular weight is 317 g/mol. The van der Waals surface area contributed by atoms with Crippen molar-refractivity contribution < 1.29 is 17.2 Å². The summed E-state index contributed by atoms with van der Waals surface area (Å²) in [6, 6.07) is 7.48. The summed E-state index contributed by atoms with van der Waals surface area (Å²) in [5, 5.41) is -0.550. The van der Waals surface area contributed by atoms with Gasteiger partial charge in [-0.1, -0.05) is 23.5 Å². The molecule has 2 rings (SSSR count). The molecular formula is C13H13F2NO2S2. The van der Waals surface area contributed by atoms with Crippen LogP contribution in [0.1, 0.15) is 18.5 Å². The van der Waals surface area contributed by atoms with Crippen LogP contribution < -0.4 is 0 Å². The molecule has 0 N–H and O–H groups in total. The predicted molar refractivity (Wildman–Crippen MR) is 74.0 cm³/mol. The lowest BCUT2D eigenvalue weighted by Crippen LogP contribution is -2.29. The van der Waals surface area contributed by atoms with Gasteiger partial charge in [0.05, 0.1) is 0 Å². The fourth-order valence-electron chi connectivity index (χ4n) is 1.74. The van der Waals surface area contributed by atoms with Crippen molar-refractivity contribution in [1.82, 2.24) is 4.31 Å². The molecule has 0 bridgehead atoms. The molecule has 0 fully saturated rings. The van der Waals surface area contributed by atoms with E-state index < -0.39 is 21.2 Å². The second kappa shape index (κ2) is 5.59. The van der Waals surface area contributed by atoms with E-state index in [4.69, 9.17) is 0 Å². The van der Waals surface area contributed by atoms with Crippen molar-refractivity contribution in [1.29, 1.82) is 0 Å². The molecule has 20 heavy (non-hydrogen) atoms. The van der Waals surface area contributed by atoms with Gasteiger partial charge in [0.15, 0.2) is 5.13 Å². The van der Waals surface area contributed by atoms with Crippen molar-refractivity contribution in [2.75, 3.05) is 7.05 Å². The molecule has 1 atom stereocenters. The Morgan fingerprint density at radius 3 is 2.20 bits per heavy atom. The summed E-state index contributed by atoms with van der Waals surface area (Å²) in [6.45, 7) is 1.69. The van der Waals surface area contributed by atoms with Gasteiger partial charge in [-0.25, -0.2) is 12.8 Å². The highest BCUT2D eigenvalue weighted by molar-refractivity contribution is 7.91. The number of benzene rings is 1. The molecule has 7 heteroatoms. The maximum absolute atomic E-state index is 13.0. The predicted octanol–water partition coefficient (Wildman–Crippen LogP) is 3.41. The highest BCUT2D eigenvalue weighted by Gasteiger charge is 2.27. The van der Waals surface area contributed by atoms with Gasteiger partial charge in [0.25, 0.3) is 10.0 Å². The minimum atomic E-state index is -3.76. The highest BCUT2D eigenvalue weighted by Crippen LogP contribution is 2.29. The lowest BCUT2D eigenvalue weighted by atomic mass is 10.1. The lowest BCUT2D eigenvalue weighted by Gasteiger charge is -2.23. The summed E-state index contributed by atoms with van der Waals surface area (Å²) in [5.41, 5.74) is 0.662. The number of halogens is 2. The number of sulfonamides is 1.